The SMILES string of the molecule is C=Cc1ccc(CN2CCN(C(=O)OC(C)(C)C)CC2)cc1. The fourth-order valence-electron chi connectivity index (χ4n) is 2.43. The van der Waals surface area contributed by atoms with E-state index in [9.17, 15) is 4.79 Å². The molecule has 1 aromatic rings. The number of benzene rings is 1. The molecule has 1 aliphatic heterocycles. The summed E-state index contributed by atoms with van der Waals surface area (Å²) in [6.45, 7) is 13.6. The zero-order valence-electron chi connectivity index (χ0n) is 13.8. The summed E-state index contributed by atoms with van der Waals surface area (Å²) in [6.07, 6.45) is 1.64. The normalized spacial score (nSPS) is 16.4. The van der Waals surface area contributed by atoms with E-state index in [1.165, 1.54) is 5.56 Å². The van der Waals surface area contributed by atoms with Crippen molar-refractivity contribution >= 4 is 12.2 Å². The van der Waals surface area contributed by atoms with Gasteiger partial charge in [0.15, 0.2) is 0 Å². The van der Waals surface area contributed by atoms with Gasteiger partial charge in [0.2, 0.25) is 0 Å². The van der Waals surface area contributed by atoms with Gasteiger partial charge in [0.1, 0.15) is 5.60 Å². The maximum absolute atomic E-state index is 12.0. The predicted molar refractivity (Wildman–Crippen MR) is 89.6 cm³/mol. The number of nitrogens with zero attached hydrogens (tertiary/aromatic N) is 2. The van der Waals surface area contributed by atoms with Crippen LogP contribution in [-0.4, -0.2) is 47.7 Å². The Morgan fingerprint density at radius 1 is 1.18 bits per heavy atom. The highest BCUT2D eigenvalue weighted by Crippen LogP contribution is 2.14. The molecule has 0 aromatic heterocycles. The lowest BCUT2D eigenvalue weighted by atomic mass is 10.1. The van der Waals surface area contributed by atoms with Crippen LogP contribution < -0.4 is 0 Å². The lowest BCUT2D eigenvalue weighted by molar-refractivity contribution is 0.0139. The molecule has 1 aromatic carbocycles. The predicted octanol–water partition coefficient (Wildman–Crippen LogP) is 3.38. The Hall–Kier alpha value is -1.81. The quantitative estimate of drug-likeness (QED) is 0.858. The summed E-state index contributed by atoms with van der Waals surface area (Å²) in [4.78, 5) is 16.2. The standard InChI is InChI=1S/C18H26N2O2/c1-5-15-6-8-16(9-7-15)14-19-10-12-20(13-11-19)17(21)22-18(2,3)4/h5-9H,1,10-14H2,2-4H3. The molecule has 4 nitrogen and oxygen atoms in total. The van der Waals surface area contributed by atoms with E-state index >= 15 is 0 Å². The number of amides is 1. The van der Waals surface area contributed by atoms with Crippen molar-refractivity contribution in [2.24, 2.45) is 0 Å². The molecule has 0 spiro atoms. The van der Waals surface area contributed by atoms with Crippen LogP contribution in [-0.2, 0) is 11.3 Å². The Bertz CT molecular complexity index is 509. The van der Waals surface area contributed by atoms with Crippen molar-refractivity contribution in [2.75, 3.05) is 26.2 Å². The highest BCUT2D eigenvalue weighted by atomic mass is 16.6. The second-order valence-corrected chi connectivity index (χ2v) is 6.69. The summed E-state index contributed by atoms with van der Waals surface area (Å²) in [5.41, 5.74) is 2.00. The third-order valence-corrected chi connectivity index (χ3v) is 3.65. The molecule has 1 amide bonds. The van der Waals surface area contributed by atoms with Gasteiger partial charge in [-0.3, -0.25) is 4.90 Å². The van der Waals surface area contributed by atoms with Crippen molar-refractivity contribution in [3.63, 3.8) is 0 Å². The summed E-state index contributed by atoms with van der Waals surface area (Å²) in [6, 6.07) is 8.44. The van der Waals surface area contributed by atoms with Crippen LogP contribution >= 0.6 is 0 Å². The first-order valence-corrected chi connectivity index (χ1v) is 7.79. The molecular formula is C18H26N2O2. The molecule has 2 rings (SSSR count). The molecule has 0 atom stereocenters. The summed E-state index contributed by atoms with van der Waals surface area (Å²) >= 11 is 0. The zero-order chi connectivity index (χ0) is 16.2. The third kappa shape index (κ3) is 4.88. The molecule has 0 bridgehead atoms. The third-order valence-electron chi connectivity index (χ3n) is 3.65. The second kappa shape index (κ2) is 6.97. The average Bonchev–Trinajstić information content (AvgIpc) is 2.47. The maximum Gasteiger partial charge on any atom is 0.410 e. The fourth-order valence-corrected chi connectivity index (χ4v) is 2.43. The van der Waals surface area contributed by atoms with E-state index in [4.69, 9.17) is 4.74 Å². The smallest absolute Gasteiger partial charge is 0.410 e. The molecule has 0 saturated carbocycles. The topological polar surface area (TPSA) is 32.8 Å². The highest BCUT2D eigenvalue weighted by Gasteiger charge is 2.25. The molecule has 1 aliphatic rings. The molecule has 1 heterocycles. The lowest BCUT2D eigenvalue weighted by Crippen LogP contribution is -2.49. The van der Waals surface area contributed by atoms with Gasteiger partial charge >= 0.3 is 6.09 Å². The van der Waals surface area contributed by atoms with Crippen molar-refractivity contribution < 1.29 is 9.53 Å². The van der Waals surface area contributed by atoms with Gasteiger partial charge in [-0.05, 0) is 31.9 Å². The molecule has 4 heteroatoms. The molecule has 120 valence electrons. The fraction of sp³-hybridized carbons (Fsp3) is 0.500. The van der Waals surface area contributed by atoms with E-state index in [-0.39, 0.29) is 6.09 Å². The summed E-state index contributed by atoms with van der Waals surface area (Å²) in [5.74, 6) is 0. The van der Waals surface area contributed by atoms with Gasteiger partial charge in [-0.1, -0.05) is 36.9 Å². The Kier molecular flexibility index (Phi) is 5.24. The van der Waals surface area contributed by atoms with Crippen molar-refractivity contribution in [1.82, 2.24) is 9.80 Å². The van der Waals surface area contributed by atoms with E-state index in [1.54, 1.807) is 4.90 Å². The number of ether oxygens (including phenoxy) is 1. The Balaban J connectivity index is 1.81. The van der Waals surface area contributed by atoms with Crippen LogP contribution in [0.25, 0.3) is 6.08 Å². The Morgan fingerprint density at radius 3 is 2.27 bits per heavy atom. The van der Waals surface area contributed by atoms with E-state index < -0.39 is 5.60 Å². The van der Waals surface area contributed by atoms with Crippen molar-refractivity contribution in [1.29, 1.82) is 0 Å². The van der Waals surface area contributed by atoms with Gasteiger partial charge in [-0.2, -0.15) is 0 Å². The van der Waals surface area contributed by atoms with Crippen molar-refractivity contribution in [3.8, 4) is 0 Å². The van der Waals surface area contributed by atoms with Crippen molar-refractivity contribution in [2.45, 2.75) is 32.9 Å². The molecule has 0 aliphatic carbocycles. The first-order chi connectivity index (χ1) is 10.4. The van der Waals surface area contributed by atoms with Crippen molar-refractivity contribution in [3.05, 3.63) is 42.0 Å². The Labute approximate surface area is 133 Å². The number of carbonyl (C=O) groups is 1. The monoisotopic (exact) mass is 302 g/mol. The Morgan fingerprint density at radius 2 is 1.77 bits per heavy atom. The van der Waals surface area contributed by atoms with E-state index in [1.807, 2.05) is 26.8 Å². The summed E-state index contributed by atoms with van der Waals surface area (Å²) in [5, 5.41) is 0. The molecule has 0 N–H and O–H groups in total. The first-order valence-electron chi connectivity index (χ1n) is 7.79. The first kappa shape index (κ1) is 16.6. The minimum atomic E-state index is -0.429. The van der Waals surface area contributed by atoms with Crippen LogP contribution in [0, 0.1) is 0 Å². The molecule has 22 heavy (non-hydrogen) atoms. The van der Waals surface area contributed by atoms with Gasteiger partial charge in [0.25, 0.3) is 0 Å². The van der Waals surface area contributed by atoms with Crippen LogP contribution in [0.1, 0.15) is 31.9 Å². The zero-order valence-corrected chi connectivity index (χ0v) is 13.8. The molecule has 0 unspecified atom stereocenters. The van der Waals surface area contributed by atoms with Gasteiger partial charge in [-0.15, -0.1) is 0 Å². The number of carbonyl (C=O) groups excluding carboxylic acids is 1. The van der Waals surface area contributed by atoms with Gasteiger partial charge in [0.05, 0.1) is 0 Å². The van der Waals surface area contributed by atoms with Gasteiger partial charge in [0, 0.05) is 32.7 Å². The number of hydrogen-bond acceptors (Lipinski definition) is 3. The van der Waals surface area contributed by atoms with Gasteiger partial charge in [-0.25, -0.2) is 4.79 Å². The number of hydrogen-bond donors (Lipinski definition) is 0. The van der Waals surface area contributed by atoms with E-state index in [0.29, 0.717) is 0 Å². The minimum absolute atomic E-state index is 0.206. The largest absolute Gasteiger partial charge is 0.444 e. The molecule has 1 fully saturated rings. The lowest BCUT2D eigenvalue weighted by Gasteiger charge is -2.35. The summed E-state index contributed by atoms with van der Waals surface area (Å²) < 4.78 is 5.42. The highest BCUT2D eigenvalue weighted by molar-refractivity contribution is 5.68. The van der Waals surface area contributed by atoms with Crippen LogP contribution in [0.3, 0.4) is 0 Å². The second-order valence-electron chi connectivity index (χ2n) is 6.69. The average molecular weight is 302 g/mol. The summed E-state index contributed by atoms with van der Waals surface area (Å²) in [7, 11) is 0. The van der Waals surface area contributed by atoms with Crippen LogP contribution in [0.4, 0.5) is 4.79 Å². The van der Waals surface area contributed by atoms with Crippen LogP contribution in [0.15, 0.2) is 30.8 Å². The molecule has 0 radical (unpaired) electrons. The molecule has 1 saturated heterocycles. The number of piperazine rings is 1. The maximum atomic E-state index is 12.0. The van der Waals surface area contributed by atoms with Crippen LogP contribution in [0.5, 0.6) is 0 Å². The number of rotatable bonds is 3. The minimum Gasteiger partial charge on any atom is -0.444 e. The van der Waals surface area contributed by atoms with Gasteiger partial charge < -0.3 is 9.64 Å². The molecular weight excluding hydrogens is 276 g/mol. The van der Waals surface area contributed by atoms with E-state index in [0.717, 1.165) is 38.3 Å². The van der Waals surface area contributed by atoms with Crippen LogP contribution in [0.2, 0.25) is 0 Å². The van der Waals surface area contributed by atoms with E-state index in [2.05, 4.69) is 35.7 Å².